The summed E-state index contributed by atoms with van der Waals surface area (Å²) in [6.45, 7) is 12.9. The summed E-state index contributed by atoms with van der Waals surface area (Å²) in [5, 5.41) is 3.56. The molecule has 2 fully saturated rings. The van der Waals surface area contributed by atoms with Crippen molar-refractivity contribution in [3.8, 4) is 0 Å². The highest BCUT2D eigenvalue weighted by atomic mass is 14.9. The Morgan fingerprint density at radius 2 is 1.85 bits per heavy atom. The second-order valence-electron chi connectivity index (χ2n) is 6.75. The quantitative estimate of drug-likeness (QED) is 0.743. The molecule has 1 heteroatoms. The molecular formula is C19H25N. The molecule has 1 N–H and O–H groups in total. The molecule has 0 heterocycles. The fourth-order valence-corrected chi connectivity index (χ4v) is 4.49. The number of benzene rings is 1. The highest BCUT2D eigenvalue weighted by Gasteiger charge is 2.48. The molecule has 2 aliphatic rings. The zero-order valence-corrected chi connectivity index (χ0v) is 12.7. The van der Waals surface area contributed by atoms with Crippen molar-refractivity contribution < 1.29 is 0 Å². The van der Waals surface area contributed by atoms with Gasteiger partial charge in [-0.15, -0.1) is 0 Å². The third-order valence-corrected chi connectivity index (χ3v) is 5.21. The van der Waals surface area contributed by atoms with Gasteiger partial charge in [-0.1, -0.05) is 30.9 Å². The van der Waals surface area contributed by atoms with Gasteiger partial charge in [-0.3, -0.25) is 0 Å². The van der Waals surface area contributed by atoms with Crippen LogP contribution in [0, 0.1) is 30.6 Å². The maximum atomic E-state index is 4.36. The van der Waals surface area contributed by atoms with Gasteiger partial charge in [0.15, 0.2) is 0 Å². The maximum absolute atomic E-state index is 4.36. The highest BCUT2D eigenvalue weighted by Crippen LogP contribution is 2.56. The molecule has 1 aromatic carbocycles. The zero-order valence-electron chi connectivity index (χ0n) is 12.7. The van der Waals surface area contributed by atoms with E-state index in [9.17, 15) is 0 Å². The fraction of sp³-hybridized carbons (Fsp3) is 0.474. The molecule has 0 aliphatic heterocycles. The van der Waals surface area contributed by atoms with Crippen LogP contribution >= 0.6 is 0 Å². The van der Waals surface area contributed by atoms with Crippen molar-refractivity contribution in [2.45, 2.75) is 33.1 Å². The molecule has 0 amide bonds. The number of anilines is 1. The first-order valence-corrected chi connectivity index (χ1v) is 7.74. The average Bonchev–Trinajstić information content (AvgIpc) is 2.98. The summed E-state index contributed by atoms with van der Waals surface area (Å²) in [6, 6.07) is 8.54. The smallest absolute Gasteiger partial charge is 0.0384 e. The number of rotatable bonds is 4. The Bertz CT molecular complexity index is 542. The van der Waals surface area contributed by atoms with Crippen LogP contribution in [-0.4, -0.2) is 0 Å². The first-order chi connectivity index (χ1) is 9.56. The van der Waals surface area contributed by atoms with E-state index in [1.807, 2.05) is 0 Å². The fourth-order valence-electron chi connectivity index (χ4n) is 4.49. The Morgan fingerprint density at radius 3 is 2.50 bits per heavy atom. The van der Waals surface area contributed by atoms with Crippen molar-refractivity contribution in [3.63, 3.8) is 0 Å². The summed E-state index contributed by atoms with van der Waals surface area (Å²) < 4.78 is 0. The van der Waals surface area contributed by atoms with Crippen LogP contribution in [0.25, 0.3) is 0 Å². The second kappa shape index (κ2) is 5.12. The summed E-state index contributed by atoms with van der Waals surface area (Å²) in [7, 11) is 0. The summed E-state index contributed by atoms with van der Waals surface area (Å²) in [5.41, 5.74) is 4.98. The Balaban J connectivity index is 1.78. The Morgan fingerprint density at radius 1 is 1.15 bits per heavy atom. The molecule has 1 aromatic rings. The molecule has 0 spiro atoms. The van der Waals surface area contributed by atoms with Crippen LogP contribution in [0.15, 0.2) is 48.7 Å². The zero-order chi connectivity index (χ0) is 14.3. The van der Waals surface area contributed by atoms with Crippen LogP contribution in [0.5, 0.6) is 0 Å². The van der Waals surface area contributed by atoms with Crippen LogP contribution in [0.4, 0.5) is 5.69 Å². The van der Waals surface area contributed by atoms with Crippen molar-refractivity contribution in [1.82, 2.24) is 0 Å². The monoisotopic (exact) mass is 267 g/mol. The minimum absolute atomic E-state index is 0.576. The minimum Gasteiger partial charge on any atom is -0.359 e. The van der Waals surface area contributed by atoms with E-state index in [4.69, 9.17) is 0 Å². The molecular weight excluding hydrogens is 242 g/mol. The van der Waals surface area contributed by atoms with Gasteiger partial charge in [-0.2, -0.15) is 0 Å². The molecule has 106 valence electrons. The van der Waals surface area contributed by atoms with Gasteiger partial charge < -0.3 is 5.32 Å². The molecule has 0 radical (unpaired) electrons. The second-order valence-corrected chi connectivity index (χ2v) is 6.75. The van der Waals surface area contributed by atoms with Gasteiger partial charge >= 0.3 is 0 Å². The van der Waals surface area contributed by atoms with Crippen LogP contribution < -0.4 is 5.32 Å². The number of fused-ring (bicyclic) bond motifs is 2. The highest BCUT2D eigenvalue weighted by molar-refractivity contribution is 5.50. The summed E-state index contributed by atoms with van der Waals surface area (Å²) in [5.74, 6) is 2.87. The molecule has 2 aliphatic carbocycles. The first-order valence-electron chi connectivity index (χ1n) is 7.74. The molecule has 0 aromatic heterocycles. The van der Waals surface area contributed by atoms with Crippen LogP contribution in [0.1, 0.15) is 31.7 Å². The number of hydrogen-bond acceptors (Lipinski definition) is 1. The predicted molar refractivity (Wildman–Crippen MR) is 86.6 cm³/mol. The summed E-state index contributed by atoms with van der Waals surface area (Å²) in [6.07, 6.45) is 4.13. The number of hydrogen-bond donors (Lipinski definition) is 1. The molecule has 0 saturated heterocycles. The van der Waals surface area contributed by atoms with Gasteiger partial charge in [0.1, 0.15) is 0 Å². The van der Waals surface area contributed by atoms with Crippen molar-refractivity contribution in [1.29, 1.82) is 0 Å². The maximum Gasteiger partial charge on any atom is 0.0384 e. The van der Waals surface area contributed by atoms with Gasteiger partial charge in [-0.05, 0) is 68.6 Å². The molecule has 20 heavy (non-hydrogen) atoms. The largest absolute Gasteiger partial charge is 0.359 e. The average molecular weight is 267 g/mol. The van der Waals surface area contributed by atoms with Crippen LogP contribution in [0.2, 0.25) is 0 Å². The van der Waals surface area contributed by atoms with E-state index in [2.05, 4.69) is 56.6 Å². The molecule has 4 atom stereocenters. The molecule has 4 unspecified atom stereocenters. The topological polar surface area (TPSA) is 12.0 Å². The van der Waals surface area contributed by atoms with E-state index in [1.165, 1.54) is 41.8 Å². The van der Waals surface area contributed by atoms with E-state index in [1.54, 1.807) is 0 Å². The van der Waals surface area contributed by atoms with Gasteiger partial charge in [0.2, 0.25) is 0 Å². The standard InChI is InChI=1S/C19H25N/c1-12(2)18-15-8-9-16(11-15)19(18)14(4)20-17-7-5-6-13(3)10-17/h5-7,10,15-16,18-20H,1,4,8-9,11H2,2-3H3. The molecule has 2 bridgehead atoms. The lowest BCUT2D eigenvalue weighted by Crippen LogP contribution is -2.27. The third kappa shape index (κ3) is 2.30. The number of nitrogens with one attached hydrogen (secondary N) is 1. The van der Waals surface area contributed by atoms with Crippen LogP contribution in [0.3, 0.4) is 0 Å². The summed E-state index contributed by atoms with van der Waals surface area (Å²) in [4.78, 5) is 0. The van der Waals surface area contributed by atoms with Crippen LogP contribution in [-0.2, 0) is 0 Å². The molecule has 3 rings (SSSR count). The van der Waals surface area contributed by atoms with E-state index >= 15 is 0 Å². The summed E-state index contributed by atoms with van der Waals surface area (Å²) >= 11 is 0. The van der Waals surface area contributed by atoms with E-state index in [0.717, 1.165) is 11.8 Å². The van der Waals surface area contributed by atoms with Crippen molar-refractivity contribution >= 4 is 5.69 Å². The molecule has 1 nitrogen and oxygen atoms in total. The number of aryl methyl sites for hydroxylation is 1. The Kier molecular flexibility index (Phi) is 3.45. The first kappa shape index (κ1) is 13.5. The lowest BCUT2D eigenvalue weighted by molar-refractivity contribution is 0.294. The Labute approximate surface area is 122 Å². The lowest BCUT2D eigenvalue weighted by Gasteiger charge is -2.33. The minimum atomic E-state index is 0.576. The number of allylic oxidation sites excluding steroid dienone is 2. The van der Waals surface area contributed by atoms with Crippen molar-refractivity contribution in [3.05, 3.63) is 54.3 Å². The molecule has 2 saturated carbocycles. The van der Waals surface area contributed by atoms with E-state index in [0.29, 0.717) is 11.8 Å². The van der Waals surface area contributed by atoms with Gasteiger partial charge in [0, 0.05) is 17.3 Å². The Hall–Kier alpha value is -1.50. The van der Waals surface area contributed by atoms with Crippen molar-refractivity contribution in [2.24, 2.45) is 23.7 Å². The third-order valence-electron chi connectivity index (χ3n) is 5.21. The van der Waals surface area contributed by atoms with Gasteiger partial charge in [0.25, 0.3) is 0 Å². The van der Waals surface area contributed by atoms with Gasteiger partial charge in [0.05, 0.1) is 0 Å². The SMILES string of the molecule is C=C(C)C1C2CCC(C2)C1C(=C)Nc1cccc(C)c1. The van der Waals surface area contributed by atoms with Gasteiger partial charge in [-0.25, -0.2) is 0 Å². The predicted octanol–water partition coefficient (Wildman–Crippen LogP) is 5.16. The lowest BCUT2D eigenvalue weighted by atomic mass is 9.74. The van der Waals surface area contributed by atoms with Crippen molar-refractivity contribution in [2.75, 3.05) is 5.32 Å². The normalized spacial score (nSPS) is 31.3. The van der Waals surface area contributed by atoms with E-state index < -0.39 is 0 Å². The van der Waals surface area contributed by atoms with E-state index in [-0.39, 0.29) is 0 Å².